The Kier molecular flexibility index (Phi) is 5.49. The smallest absolute Gasteiger partial charge is 0.270 e. The van der Waals surface area contributed by atoms with Gasteiger partial charge in [0.05, 0.1) is 21.7 Å². The quantitative estimate of drug-likeness (QED) is 0.457. The SMILES string of the molecule is CCOc1ccc(Nc2nc3ccc([N+](=O)[O-])cc3s2)cc1S(=O)(=O)N(C)C. The number of nitro groups is 1. The first kappa shape index (κ1) is 20.0. The van der Waals surface area contributed by atoms with Crippen LogP contribution in [0.5, 0.6) is 5.75 Å². The topological polar surface area (TPSA) is 115 Å². The van der Waals surface area contributed by atoms with Crippen LogP contribution in [0.15, 0.2) is 41.3 Å². The van der Waals surface area contributed by atoms with Crippen molar-refractivity contribution in [3.05, 3.63) is 46.5 Å². The molecule has 3 rings (SSSR count). The minimum Gasteiger partial charge on any atom is -0.492 e. The second-order valence-electron chi connectivity index (χ2n) is 5.94. The highest BCUT2D eigenvalue weighted by Gasteiger charge is 2.23. The summed E-state index contributed by atoms with van der Waals surface area (Å²) in [6.45, 7) is 2.11. The fourth-order valence-corrected chi connectivity index (χ4v) is 4.43. The van der Waals surface area contributed by atoms with Gasteiger partial charge >= 0.3 is 0 Å². The molecule has 0 atom stereocenters. The number of fused-ring (bicyclic) bond motifs is 1. The Balaban J connectivity index is 1.98. The molecule has 0 saturated heterocycles. The van der Waals surface area contributed by atoms with Crippen molar-refractivity contribution in [3.63, 3.8) is 0 Å². The number of rotatable bonds is 7. The van der Waals surface area contributed by atoms with Gasteiger partial charge in [-0.25, -0.2) is 17.7 Å². The van der Waals surface area contributed by atoms with Crippen LogP contribution in [0.3, 0.4) is 0 Å². The molecule has 0 aliphatic carbocycles. The van der Waals surface area contributed by atoms with Crippen LogP contribution < -0.4 is 10.1 Å². The first-order valence-corrected chi connectivity index (χ1v) is 10.5. The number of thiazole rings is 1. The average Bonchev–Trinajstić information content (AvgIpc) is 3.04. The van der Waals surface area contributed by atoms with Gasteiger partial charge in [0.15, 0.2) is 5.13 Å². The molecule has 0 aliphatic heterocycles. The molecule has 28 heavy (non-hydrogen) atoms. The zero-order chi connectivity index (χ0) is 20.5. The molecule has 0 fully saturated rings. The van der Waals surface area contributed by atoms with E-state index in [0.29, 0.717) is 27.6 Å². The lowest BCUT2D eigenvalue weighted by Gasteiger charge is -2.16. The van der Waals surface area contributed by atoms with Crippen molar-refractivity contribution in [3.8, 4) is 5.75 Å². The summed E-state index contributed by atoms with van der Waals surface area (Å²) in [6.07, 6.45) is 0. The Bertz CT molecular complexity index is 1140. The Morgan fingerprint density at radius 3 is 2.64 bits per heavy atom. The van der Waals surface area contributed by atoms with Crippen molar-refractivity contribution in [2.75, 3.05) is 26.0 Å². The van der Waals surface area contributed by atoms with Crippen LogP contribution >= 0.6 is 11.3 Å². The van der Waals surface area contributed by atoms with E-state index >= 15 is 0 Å². The molecule has 0 radical (unpaired) electrons. The van der Waals surface area contributed by atoms with Crippen molar-refractivity contribution < 1.29 is 18.1 Å². The number of anilines is 2. The van der Waals surface area contributed by atoms with Crippen molar-refractivity contribution in [2.45, 2.75) is 11.8 Å². The maximum absolute atomic E-state index is 12.6. The van der Waals surface area contributed by atoms with Crippen LogP contribution in [0.1, 0.15) is 6.92 Å². The standard InChI is InChI=1S/C17H18N4O5S2/c1-4-26-14-8-5-11(9-16(14)28(24,25)20(2)3)18-17-19-13-7-6-12(21(22)23)10-15(13)27-17/h5-10H,4H2,1-3H3,(H,18,19). The Morgan fingerprint density at radius 1 is 1.25 bits per heavy atom. The van der Waals surface area contributed by atoms with Crippen LogP contribution in [0.2, 0.25) is 0 Å². The predicted octanol–water partition coefficient (Wildman–Crippen LogP) is 3.60. The van der Waals surface area contributed by atoms with E-state index in [-0.39, 0.29) is 16.3 Å². The van der Waals surface area contributed by atoms with Crippen LogP contribution in [-0.2, 0) is 10.0 Å². The number of ether oxygens (including phenoxy) is 1. The largest absolute Gasteiger partial charge is 0.492 e. The summed E-state index contributed by atoms with van der Waals surface area (Å²) in [4.78, 5) is 14.9. The number of hydrogen-bond acceptors (Lipinski definition) is 8. The molecule has 3 aromatic rings. The average molecular weight is 422 g/mol. The lowest BCUT2D eigenvalue weighted by Crippen LogP contribution is -2.23. The zero-order valence-corrected chi connectivity index (χ0v) is 17.0. The van der Waals surface area contributed by atoms with E-state index in [4.69, 9.17) is 4.74 Å². The van der Waals surface area contributed by atoms with E-state index in [9.17, 15) is 18.5 Å². The molecule has 0 saturated carbocycles. The van der Waals surface area contributed by atoms with Crippen LogP contribution in [0.4, 0.5) is 16.5 Å². The maximum atomic E-state index is 12.6. The molecular formula is C17H18N4O5S2. The summed E-state index contributed by atoms with van der Waals surface area (Å²) in [5.41, 5.74) is 1.12. The minimum absolute atomic E-state index is 0.0110. The molecule has 2 aromatic carbocycles. The molecule has 1 N–H and O–H groups in total. The van der Waals surface area contributed by atoms with Crippen molar-refractivity contribution >= 4 is 48.1 Å². The molecule has 1 aromatic heterocycles. The van der Waals surface area contributed by atoms with Crippen molar-refractivity contribution in [1.82, 2.24) is 9.29 Å². The Labute approximate surface area is 165 Å². The summed E-state index contributed by atoms with van der Waals surface area (Å²) in [7, 11) is -0.808. The predicted molar refractivity (Wildman–Crippen MR) is 108 cm³/mol. The second-order valence-corrected chi connectivity index (χ2v) is 9.09. The van der Waals surface area contributed by atoms with Crippen LogP contribution in [-0.4, -0.2) is 43.3 Å². The molecule has 0 spiro atoms. The molecule has 0 aliphatic rings. The summed E-state index contributed by atoms with van der Waals surface area (Å²) >= 11 is 1.24. The third-order valence-electron chi connectivity index (χ3n) is 3.84. The zero-order valence-electron chi connectivity index (χ0n) is 15.4. The Morgan fingerprint density at radius 2 is 2.00 bits per heavy atom. The third-order valence-corrected chi connectivity index (χ3v) is 6.61. The fourth-order valence-electron chi connectivity index (χ4n) is 2.46. The molecular weight excluding hydrogens is 404 g/mol. The van der Waals surface area contributed by atoms with E-state index in [1.165, 1.54) is 43.6 Å². The summed E-state index contributed by atoms with van der Waals surface area (Å²) < 4.78 is 32.5. The lowest BCUT2D eigenvalue weighted by atomic mass is 10.3. The summed E-state index contributed by atoms with van der Waals surface area (Å²) in [5.74, 6) is 0.265. The van der Waals surface area contributed by atoms with Gasteiger partial charge in [0, 0.05) is 31.9 Å². The Hall–Kier alpha value is -2.76. The van der Waals surface area contributed by atoms with Crippen molar-refractivity contribution in [1.29, 1.82) is 0 Å². The van der Waals surface area contributed by atoms with Crippen LogP contribution in [0.25, 0.3) is 10.2 Å². The van der Waals surface area contributed by atoms with Gasteiger partial charge < -0.3 is 10.1 Å². The van der Waals surface area contributed by atoms with Gasteiger partial charge in [0.2, 0.25) is 10.0 Å². The fraction of sp³-hybridized carbons (Fsp3) is 0.235. The highest BCUT2D eigenvalue weighted by Crippen LogP contribution is 2.34. The number of aromatic nitrogens is 1. The van der Waals surface area contributed by atoms with Crippen LogP contribution in [0, 0.1) is 10.1 Å². The highest BCUT2D eigenvalue weighted by molar-refractivity contribution is 7.89. The number of nitrogens with one attached hydrogen (secondary N) is 1. The number of sulfonamides is 1. The molecule has 11 heteroatoms. The monoisotopic (exact) mass is 422 g/mol. The maximum Gasteiger partial charge on any atom is 0.270 e. The van der Waals surface area contributed by atoms with Gasteiger partial charge in [-0.2, -0.15) is 0 Å². The van der Waals surface area contributed by atoms with Gasteiger partial charge in [-0.1, -0.05) is 11.3 Å². The van der Waals surface area contributed by atoms with E-state index in [0.717, 1.165) is 4.31 Å². The minimum atomic E-state index is -3.71. The van der Waals surface area contributed by atoms with Gasteiger partial charge in [-0.05, 0) is 31.2 Å². The first-order valence-electron chi connectivity index (χ1n) is 8.23. The van der Waals surface area contributed by atoms with E-state index in [1.54, 1.807) is 25.1 Å². The first-order chi connectivity index (χ1) is 13.2. The molecule has 148 valence electrons. The highest BCUT2D eigenvalue weighted by atomic mass is 32.2. The normalized spacial score (nSPS) is 11.7. The number of benzene rings is 2. The number of nitro benzene ring substituents is 1. The molecule has 0 unspecified atom stereocenters. The third kappa shape index (κ3) is 3.91. The lowest BCUT2D eigenvalue weighted by molar-refractivity contribution is -0.384. The number of nitrogens with zero attached hydrogens (tertiary/aromatic N) is 3. The van der Waals surface area contributed by atoms with E-state index in [1.807, 2.05) is 0 Å². The van der Waals surface area contributed by atoms with E-state index in [2.05, 4.69) is 10.3 Å². The van der Waals surface area contributed by atoms with Gasteiger partial charge in [-0.3, -0.25) is 10.1 Å². The molecule has 9 nitrogen and oxygen atoms in total. The van der Waals surface area contributed by atoms with Gasteiger partial charge in [0.25, 0.3) is 5.69 Å². The summed E-state index contributed by atoms with van der Waals surface area (Å²) in [6, 6.07) is 9.18. The van der Waals surface area contributed by atoms with Gasteiger partial charge in [0.1, 0.15) is 10.6 Å². The van der Waals surface area contributed by atoms with Crippen molar-refractivity contribution in [2.24, 2.45) is 0 Å². The number of hydrogen-bond donors (Lipinski definition) is 1. The van der Waals surface area contributed by atoms with Gasteiger partial charge in [-0.15, -0.1) is 0 Å². The second kappa shape index (κ2) is 7.70. The summed E-state index contributed by atoms with van der Waals surface area (Å²) in [5, 5.41) is 14.5. The number of non-ortho nitro benzene ring substituents is 1. The van der Waals surface area contributed by atoms with E-state index < -0.39 is 14.9 Å². The molecule has 0 amide bonds. The molecule has 1 heterocycles. The molecule has 0 bridgehead atoms.